The summed E-state index contributed by atoms with van der Waals surface area (Å²) >= 11 is 0. The van der Waals surface area contributed by atoms with Gasteiger partial charge in [0.1, 0.15) is 0 Å². The molecule has 4 atom stereocenters. The summed E-state index contributed by atoms with van der Waals surface area (Å²) in [6.07, 6.45) is 7.82. The standard InChI is InChI=1S/C20H34O3/c1-14(2)17-8-7-16(4)19(22)9-6-15(3)12-18(21)13-20(5,23)11-10-17/h10-12,14,17-19,21-23H,4,6-9,13H2,1-3,5H3/b11-10+,15-12+/t17-,18+,19+,20-/m1/s1. The van der Waals surface area contributed by atoms with Gasteiger partial charge >= 0.3 is 0 Å². The summed E-state index contributed by atoms with van der Waals surface area (Å²) in [5.41, 5.74) is 0.881. The third kappa shape index (κ3) is 7.47. The van der Waals surface area contributed by atoms with E-state index in [1.165, 1.54) is 0 Å². The van der Waals surface area contributed by atoms with Crippen LogP contribution in [0.15, 0.2) is 36.0 Å². The first-order valence-electron chi connectivity index (χ1n) is 8.73. The van der Waals surface area contributed by atoms with E-state index in [9.17, 15) is 15.3 Å². The molecule has 0 bridgehead atoms. The third-order valence-corrected chi connectivity index (χ3v) is 4.74. The predicted molar refractivity (Wildman–Crippen MR) is 96.1 cm³/mol. The average molecular weight is 322 g/mol. The molecule has 23 heavy (non-hydrogen) atoms. The molecule has 0 saturated carbocycles. The highest BCUT2D eigenvalue weighted by Gasteiger charge is 2.22. The van der Waals surface area contributed by atoms with Crippen LogP contribution in [0.4, 0.5) is 0 Å². The van der Waals surface area contributed by atoms with Gasteiger partial charge in [0.05, 0.1) is 17.8 Å². The molecule has 132 valence electrons. The van der Waals surface area contributed by atoms with Gasteiger partial charge in [0.2, 0.25) is 0 Å². The van der Waals surface area contributed by atoms with Crippen molar-refractivity contribution in [2.75, 3.05) is 0 Å². The van der Waals surface area contributed by atoms with Crippen LogP contribution in [0.3, 0.4) is 0 Å². The van der Waals surface area contributed by atoms with Crippen LogP contribution in [-0.4, -0.2) is 33.1 Å². The van der Waals surface area contributed by atoms with Crippen LogP contribution in [0.1, 0.15) is 59.8 Å². The van der Waals surface area contributed by atoms with Crippen LogP contribution >= 0.6 is 0 Å². The fourth-order valence-corrected chi connectivity index (χ4v) is 3.03. The quantitative estimate of drug-likeness (QED) is 0.644. The van der Waals surface area contributed by atoms with Gasteiger partial charge in [-0.1, -0.05) is 44.2 Å². The Kier molecular flexibility index (Phi) is 7.72. The molecule has 0 unspecified atom stereocenters. The minimum Gasteiger partial charge on any atom is -0.389 e. The zero-order valence-corrected chi connectivity index (χ0v) is 15.1. The summed E-state index contributed by atoms with van der Waals surface area (Å²) in [6, 6.07) is 0. The first-order valence-corrected chi connectivity index (χ1v) is 8.73. The van der Waals surface area contributed by atoms with Gasteiger partial charge in [0.15, 0.2) is 0 Å². The van der Waals surface area contributed by atoms with E-state index in [1.54, 1.807) is 13.0 Å². The Bertz CT molecular complexity index is 446. The van der Waals surface area contributed by atoms with E-state index in [1.807, 2.05) is 13.0 Å². The molecule has 0 saturated heterocycles. The molecule has 3 heteroatoms. The van der Waals surface area contributed by atoms with E-state index in [2.05, 4.69) is 26.5 Å². The highest BCUT2D eigenvalue weighted by Crippen LogP contribution is 2.26. The van der Waals surface area contributed by atoms with E-state index < -0.39 is 17.8 Å². The second-order valence-corrected chi connectivity index (χ2v) is 7.66. The maximum atomic E-state index is 10.5. The molecular formula is C20H34O3. The van der Waals surface area contributed by atoms with Gasteiger partial charge in [-0.05, 0) is 56.9 Å². The minimum absolute atomic E-state index is 0.279. The number of rotatable bonds is 1. The van der Waals surface area contributed by atoms with E-state index in [0.29, 0.717) is 18.3 Å². The molecule has 3 N–H and O–H groups in total. The summed E-state index contributed by atoms with van der Waals surface area (Å²) in [4.78, 5) is 0. The highest BCUT2D eigenvalue weighted by atomic mass is 16.3. The van der Waals surface area contributed by atoms with Gasteiger partial charge in [0, 0.05) is 6.42 Å². The summed E-state index contributed by atoms with van der Waals surface area (Å²) in [5.74, 6) is 0.773. The Morgan fingerprint density at radius 1 is 1.22 bits per heavy atom. The Labute approximate surface area is 141 Å². The van der Waals surface area contributed by atoms with Crippen LogP contribution in [0.5, 0.6) is 0 Å². The number of aliphatic hydroxyl groups is 3. The van der Waals surface area contributed by atoms with Gasteiger partial charge in [-0.25, -0.2) is 0 Å². The zero-order chi connectivity index (χ0) is 17.6. The lowest BCUT2D eigenvalue weighted by Crippen LogP contribution is -2.27. The fraction of sp³-hybridized carbons (Fsp3) is 0.700. The number of hydrogen-bond donors (Lipinski definition) is 3. The molecule has 1 rings (SSSR count). The summed E-state index contributed by atoms with van der Waals surface area (Å²) in [6.45, 7) is 12.0. The van der Waals surface area contributed by atoms with Crippen molar-refractivity contribution >= 4 is 0 Å². The van der Waals surface area contributed by atoms with Crippen molar-refractivity contribution in [1.82, 2.24) is 0 Å². The smallest absolute Gasteiger partial charge is 0.0827 e. The highest BCUT2D eigenvalue weighted by molar-refractivity contribution is 5.11. The Morgan fingerprint density at radius 2 is 1.87 bits per heavy atom. The molecule has 0 aromatic rings. The van der Waals surface area contributed by atoms with Gasteiger partial charge in [0.25, 0.3) is 0 Å². The van der Waals surface area contributed by atoms with E-state index in [4.69, 9.17) is 0 Å². The van der Waals surface area contributed by atoms with Crippen LogP contribution in [0.2, 0.25) is 0 Å². The topological polar surface area (TPSA) is 60.7 Å². The SMILES string of the molecule is C=C1CC[C@@H](C(C)C)/C=C/[C@@](C)(O)C[C@@H](O)/C=C(\C)CC[C@@H]1O. The average Bonchev–Trinajstić information content (AvgIpc) is 2.42. The molecule has 3 nitrogen and oxygen atoms in total. The molecule has 0 aliphatic heterocycles. The number of allylic oxidation sites excluding steroid dienone is 2. The molecule has 1 aliphatic rings. The van der Waals surface area contributed by atoms with Gasteiger partial charge < -0.3 is 15.3 Å². The van der Waals surface area contributed by atoms with Crippen molar-refractivity contribution in [3.63, 3.8) is 0 Å². The molecular weight excluding hydrogens is 288 g/mol. The molecule has 1 aliphatic carbocycles. The molecule has 0 radical (unpaired) electrons. The summed E-state index contributed by atoms with van der Waals surface area (Å²) in [5, 5.41) is 30.9. The van der Waals surface area contributed by atoms with Crippen molar-refractivity contribution in [3.05, 3.63) is 36.0 Å². The summed E-state index contributed by atoms with van der Waals surface area (Å²) < 4.78 is 0. The Balaban J connectivity index is 2.98. The van der Waals surface area contributed by atoms with Crippen LogP contribution in [-0.2, 0) is 0 Å². The third-order valence-electron chi connectivity index (χ3n) is 4.74. The lowest BCUT2D eigenvalue weighted by Gasteiger charge is -2.25. The molecule has 0 fully saturated rings. The minimum atomic E-state index is -1.02. The Hall–Kier alpha value is -0.900. The fourth-order valence-electron chi connectivity index (χ4n) is 3.03. The number of aliphatic hydroxyl groups excluding tert-OH is 2. The second-order valence-electron chi connectivity index (χ2n) is 7.66. The van der Waals surface area contributed by atoms with Crippen molar-refractivity contribution < 1.29 is 15.3 Å². The van der Waals surface area contributed by atoms with E-state index >= 15 is 0 Å². The normalized spacial score (nSPS) is 38.7. The predicted octanol–water partition coefficient (Wildman–Crippen LogP) is 3.75. The Morgan fingerprint density at radius 3 is 2.48 bits per heavy atom. The maximum Gasteiger partial charge on any atom is 0.0827 e. The lowest BCUT2D eigenvalue weighted by molar-refractivity contribution is 0.0564. The van der Waals surface area contributed by atoms with Crippen LogP contribution in [0.25, 0.3) is 0 Å². The first kappa shape index (κ1) is 20.1. The monoisotopic (exact) mass is 322 g/mol. The van der Waals surface area contributed by atoms with Gasteiger partial charge in [-0.15, -0.1) is 0 Å². The molecule has 0 aromatic carbocycles. The second kappa shape index (κ2) is 8.81. The molecule has 0 spiro atoms. The molecule has 0 heterocycles. The first-order chi connectivity index (χ1) is 10.6. The van der Waals surface area contributed by atoms with Crippen molar-refractivity contribution in [3.8, 4) is 0 Å². The lowest BCUT2D eigenvalue weighted by atomic mass is 9.85. The number of hydrogen-bond acceptors (Lipinski definition) is 3. The van der Waals surface area contributed by atoms with Crippen molar-refractivity contribution in [1.29, 1.82) is 0 Å². The van der Waals surface area contributed by atoms with Crippen molar-refractivity contribution in [2.24, 2.45) is 11.8 Å². The van der Waals surface area contributed by atoms with Gasteiger partial charge in [-0.3, -0.25) is 0 Å². The van der Waals surface area contributed by atoms with Crippen molar-refractivity contribution in [2.45, 2.75) is 77.6 Å². The molecule has 0 amide bonds. The largest absolute Gasteiger partial charge is 0.389 e. The van der Waals surface area contributed by atoms with Crippen LogP contribution in [0, 0.1) is 11.8 Å². The van der Waals surface area contributed by atoms with E-state index in [0.717, 1.165) is 30.4 Å². The van der Waals surface area contributed by atoms with Gasteiger partial charge in [-0.2, -0.15) is 0 Å². The zero-order valence-electron chi connectivity index (χ0n) is 15.1. The van der Waals surface area contributed by atoms with Crippen LogP contribution < -0.4 is 0 Å². The molecule has 0 aromatic heterocycles. The maximum absolute atomic E-state index is 10.5. The summed E-state index contributed by atoms with van der Waals surface area (Å²) in [7, 11) is 0. The van der Waals surface area contributed by atoms with E-state index in [-0.39, 0.29) is 6.42 Å².